The van der Waals surface area contributed by atoms with E-state index in [9.17, 15) is 59.8 Å². The number of Topliss-reactive ketones (excluding diaryl/α,β-unsaturated/α-hetero) is 1. The summed E-state index contributed by atoms with van der Waals surface area (Å²) in [5, 5.41) is 29.7. The number of urea groups is 1. The van der Waals surface area contributed by atoms with Crippen LogP contribution in [0.3, 0.4) is 0 Å². The van der Waals surface area contributed by atoms with Crippen molar-refractivity contribution < 1.29 is 64.5 Å². The number of anilines is 1. The Kier molecular flexibility index (Phi) is 27.2. The van der Waals surface area contributed by atoms with Crippen molar-refractivity contribution in [2.45, 2.75) is 203 Å². The lowest BCUT2D eigenvalue weighted by Gasteiger charge is -2.47. The Bertz CT molecular complexity index is 4170. The number of alkyl carbamates (subject to hydrolysis) is 1. The number of hydrogen-bond donors (Lipinski definition) is 6. The van der Waals surface area contributed by atoms with E-state index in [1.54, 1.807) is 48.5 Å². The number of likely N-dealkylation sites (tertiary alicyclic amines) is 3. The number of halogens is 7. The molecule has 22 nitrogen and oxygen atoms in total. The topological polar surface area (TPSA) is 265 Å². The van der Waals surface area contributed by atoms with Crippen molar-refractivity contribution in [3.05, 3.63) is 124 Å². The third kappa shape index (κ3) is 21.0. The van der Waals surface area contributed by atoms with Crippen molar-refractivity contribution in [2.24, 2.45) is 17.8 Å². The van der Waals surface area contributed by atoms with Gasteiger partial charge in [0.1, 0.15) is 37.1 Å². The zero-order valence-corrected chi connectivity index (χ0v) is 62.8. The number of thiophene rings is 1. The molecule has 6 N–H and O–H groups in total. The number of benzene rings is 3. The summed E-state index contributed by atoms with van der Waals surface area (Å²) >= 11 is 1.63. The average Bonchev–Trinajstić information content (AvgIpc) is 1.18. The van der Waals surface area contributed by atoms with Crippen molar-refractivity contribution in [3.63, 3.8) is 0 Å². The van der Waals surface area contributed by atoms with Gasteiger partial charge in [-0.3, -0.25) is 24.2 Å². The fraction of sp³-hybridized carbons (Fsp3) is 0.577. The Labute approximate surface area is 628 Å². The molecule has 4 aromatic heterocycles. The summed E-state index contributed by atoms with van der Waals surface area (Å²) in [6.07, 6.45) is 10.1. The first-order chi connectivity index (χ1) is 51.8. The van der Waals surface area contributed by atoms with Crippen LogP contribution in [-0.4, -0.2) is 194 Å². The molecule has 5 amide bonds. The second kappa shape index (κ2) is 36.5. The molecule has 3 saturated carbocycles. The minimum atomic E-state index is -4.45. The van der Waals surface area contributed by atoms with Crippen molar-refractivity contribution in [1.29, 1.82) is 0 Å². The van der Waals surface area contributed by atoms with E-state index in [-0.39, 0.29) is 86.1 Å². The molecule has 6 aliphatic rings. The van der Waals surface area contributed by atoms with Crippen LogP contribution in [0.5, 0.6) is 0 Å². The number of methoxy groups -OCH3 is 1. The van der Waals surface area contributed by atoms with Gasteiger partial charge in [-0.2, -0.15) is 26.3 Å². The fourth-order valence-electron chi connectivity index (χ4n) is 16.3. The second-order valence-corrected chi connectivity index (χ2v) is 31.0. The van der Waals surface area contributed by atoms with Crippen molar-refractivity contribution in [2.75, 3.05) is 72.3 Å². The number of aryl methyl sites for hydroxylation is 2. The van der Waals surface area contributed by atoms with E-state index in [1.807, 2.05) is 17.5 Å². The molecule has 7 heterocycles. The molecular formula is C78H100F7N15O7S. The number of aromatic nitrogens is 6. The second-order valence-electron chi connectivity index (χ2n) is 30.0. The van der Waals surface area contributed by atoms with Gasteiger partial charge >= 0.3 is 24.5 Å². The Morgan fingerprint density at radius 3 is 1.58 bits per heavy atom. The van der Waals surface area contributed by atoms with E-state index in [0.717, 1.165) is 169 Å². The summed E-state index contributed by atoms with van der Waals surface area (Å²) in [4.78, 5) is 96.1. The van der Waals surface area contributed by atoms with Gasteiger partial charge in [-0.05, 0) is 186 Å². The highest BCUT2D eigenvalue weighted by molar-refractivity contribution is 7.10. The van der Waals surface area contributed by atoms with E-state index >= 15 is 0 Å². The maximum atomic E-state index is 13.1. The Morgan fingerprint density at radius 1 is 0.630 bits per heavy atom. The van der Waals surface area contributed by atoms with E-state index < -0.39 is 35.8 Å². The lowest BCUT2D eigenvalue weighted by Crippen LogP contribution is -2.62. The van der Waals surface area contributed by atoms with Crippen LogP contribution >= 0.6 is 11.3 Å². The smallest absolute Gasteiger partial charge is 0.416 e. The Hall–Kier alpha value is -8.32. The number of aliphatic hydroxyl groups is 1. The van der Waals surface area contributed by atoms with Crippen molar-refractivity contribution >= 4 is 79.6 Å². The van der Waals surface area contributed by atoms with Crippen molar-refractivity contribution in [1.82, 2.24) is 70.8 Å². The first-order valence-corrected chi connectivity index (χ1v) is 38.7. The highest BCUT2D eigenvalue weighted by Gasteiger charge is 2.43. The lowest BCUT2D eigenvalue weighted by atomic mass is 9.75. The number of nitrogens with one attached hydrogen (secondary N) is 5. The van der Waals surface area contributed by atoms with Crippen molar-refractivity contribution in [3.8, 4) is 0 Å². The van der Waals surface area contributed by atoms with E-state index in [2.05, 4.69) is 85.0 Å². The maximum Gasteiger partial charge on any atom is 0.416 e. The summed E-state index contributed by atoms with van der Waals surface area (Å²) in [7, 11) is 4.88. The molecule has 3 saturated heterocycles. The molecule has 13 rings (SSSR count). The van der Waals surface area contributed by atoms with Gasteiger partial charge in [0.15, 0.2) is 5.78 Å². The van der Waals surface area contributed by atoms with Crippen LogP contribution in [0.1, 0.15) is 156 Å². The minimum absolute atomic E-state index is 0.0424. The van der Waals surface area contributed by atoms with Crippen LogP contribution in [0.15, 0.2) is 91.1 Å². The summed E-state index contributed by atoms with van der Waals surface area (Å²) in [5.74, 6) is 1.83. The molecule has 3 aliphatic carbocycles. The summed E-state index contributed by atoms with van der Waals surface area (Å²) in [5.41, 5.74) is 0.843. The molecule has 2 atom stereocenters. The van der Waals surface area contributed by atoms with Crippen LogP contribution in [0.25, 0.3) is 32.7 Å². The van der Waals surface area contributed by atoms with Gasteiger partial charge in [0.05, 0.1) is 64.8 Å². The molecule has 584 valence electrons. The standard InChI is InChI=1S/C27H37F3N6O2.C26H34F3N5O3.C25H29FN4O2S/c1-4-22(34-26(38)35(2)3)17-5-8-20(9-6-17)36-14-19(15-36)33-25(37)12-11-24-21-13-18(27(28,29)30)7-10-23(21)31-16-32-24;1-3-21(33-25(36)37-2)16-4-7-19(8-5-16)34-13-18(14-34)32-24(35)11-10-23-20-12-17(26(27,28)29)6-9-22(20)30-15-31-23;26-14-17-3-4-22-21(13-17)24(29-16-28-22)27-15-20(31)12-18-10-19(11-18)30-7-5-25(32,6-8-30)23-2-1-9-33-23/h7,10,13,16-17,19-20,22H,4-6,8-9,11-12,14-15H2,1-3H3,(H,33,37)(H,34,38);6,9,12,15-16,18-19,21H,3-5,7-8,10-11,13-14H2,1-2H3,(H,32,35)(H,33,36);1-4,9,13,16,18-19,32H,5-8,10-12,14-15H2,(H,27,28,29). The maximum absolute atomic E-state index is 13.1. The number of carbonyl (C=O) groups is 5. The summed E-state index contributed by atoms with van der Waals surface area (Å²) in [6.45, 7) is 8.87. The molecule has 3 aromatic carbocycles. The van der Waals surface area contributed by atoms with Gasteiger partial charge in [0, 0.05) is 124 Å². The Morgan fingerprint density at radius 2 is 1.12 bits per heavy atom. The van der Waals surface area contributed by atoms with Crippen LogP contribution < -0.4 is 26.6 Å². The van der Waals surface area contributed by atoms with Crippen LogP contribution in [0.2, 0.25) is 0 Å². The first-order valence-electron chi connectivity index (χ1n) is 37.8. The van der Waals surface area contributed by atoms with Crippen LogP contribution in [0, 0.1) is 17.8 Å². The van der Waals surface area contributed by atoms with Gasteiger partial charge in [0.2, 0.25) is 11.8 Å². The third-order valence-corrected chi connectivity index (χ3v) is 23.8. The number of ether oxygens (including phenoxy) is 1. The molecule has 3 aliphatic heterocycles. The van der Waals surface area contributed by atoms with Gasteiger partial charge in [-0.25, -0.2) is 43.9 Å². The predicted molar refractivity (Wildman–Crippen MR) is 398 cm³/mol. The lowest BCUT2D eigenvalue weighted by molar-refractivity contribution is -0.138. The normalized spacial score (nSPS) is 22.0. The highest BCUT2D eigenvalue weighted by Crippen LogP contribution is 2.42. The molecular weight excluding hydrogens is 1420 g/mol. The van der Waals surface area contributed by atoms with E-state index in [4.69, 9.17) is 4.74 Å². The quantitative estimate of drug-likeness (QED) is 0.0307. The largest absolute Gasteiger partial charge is 0.453 e. The van der Waals surface area contributed by atoms with E-state index in [1.165, 1.54) is 38.2 Å². The SMILES string of the molecule is CCC(NC(=O)N(C)C)C1CCC(N2CC(NC(=O)CCc3ncnc4ccc(C(F)(F)F)cc34)C2)CC1.CCC(NC(=O)OC)C1CCC(N2CC(NC(=O)CCc3ncnc4ccc(C(F)(F)F)cc34)C2)CC1.O=C(CNc1ncnc2ccc(CF)cc12)CC1CC(N2CCC(O)(c3cccs3)CC2)C1. The fourth-order valence-corrected chi connectivity index (χ4v) is 17.2. The molecule has 30 heteroatoms. The predicted octanol–water partition coefficient (Wildman–Crippen LogP) is 12.4. The van der Waals surface area contributed by atoms with Gasteiger partial charge in [-0.15, -0.1) is 11.3 Å². The minimum Gasteiger partial charge on any atom is -0.453 e. The molecule has 7 aromatic rings. The first kappa shape index (κ1) is 80.7. The third-order valence-electron chi connectivity index (χ3n) is 22.7. The summed E-state index contributed by atoms with van der Waals surface area (Å²) < 4.78 is 96.5. The number of piperidine rings is 1. The molecule has 0 radical (unpaired) electrons. The number of rotatable bonds is 24. The number of carbonyl (C=O) groups excluding carboxylic acids is 5. The Balaban J connectivity index is 0.000000162. The molecule has 6 fully saturated rings. The van der Waals surface area contributed by atoms with E-state index in [0.29, 0.717) is 86.9 Å². The number of fused-ring (bicyclic) bond motifs is 3. The number of alkyl halides is 7. The monoisotopic (exact) mass is 1520 g/mol. The van der Waals surface area contributed by atoms with Crippen LogP contribution in [-0.2, 0) is 56.6 Å². The zero-order valence-electron chi connectivity index (χ0n) is 61.9. The number of hydrogen-bond acceptors (Lipinski definition) is 18. The van der Waals surface area contributed by atoms with Gasteiger partial charge < -0.3 is 46.2 Å². The molecule has 2 unspecified atom stereocenters. The molecule has 108 heavy (non-hydrogen) atoms. The number of amides is 5. The van der Waals surface area contributed by atoms with Crippen LogP contribution in [0.4, 0.5) is 46.1 Å². The zero-order chi connectivity index (χ0) is 76.9. The summed E-state index contributed by atoms with van der Waals surface area (Å²) in [6, 6.07) is 18.0. The molecule has 0 spiro atoms. The average molecular weight is 1520 g/mol. The molecule has 0 bridgehead atoms. The highest BCUT2D eigenvalue weighted by atomic mass is 32.1. The number of nitrogens with zero attached hydrogens (tertiary/aromatic N) is 10. The number of ketones is 1. The van der Waals surface area contributed by atoms with Gasteiger partial charge in [-0.1, -0.05) is 26.0 Å². The van der Waals surface area contributed by atoms with Gasteiger partial charge in [0.25, 0.3) is 0 Å².